The van der Waals surface area contributed by atoms with Crippen molar-refractivity contribution in [1.82, 2.24) is 10.2 Å². The minimum absolute atomic E-state index is 0.360. The van der Waals surface area contributed by atoms with Gasteiger partial charge in [-0.15, -0.1) is 10.2 Å². The molecule has 0 N–H and O–H groups in total. The Balaban J connectivity index is 1.64. The van der Waals surface area contributed by atoms with E-state index in [0.29, 0.717) is 23.3 Å². The predicted molar refractivity (Wildman–Crippen MR) is 115 cm³/mol. The molecule has 146 valence electrons. The van der Waals surface area contributed by atoms with E-state index in [1.165, 1.54) is 12.0 Å². The van der Waals surface area contributed by atoms with Crippen LogP contribution in [0.1, 0.15) is 53.9 Å². The second-order valence-corrected chi connectivity index (χ2v) is 7.32. The molecular formula is C25H24N2O2. The number of aldehydes is 1. The fourth-order valence-electron chi connectivity index (χ4n) is 3.83. The minimum atomic E-state index is 0.360. The number of rotatable bonds is 8. The van der Waals surface area contributed by atoms with Crippen LogP contribution in [0.5, 0.6) is 0 Å². The van der Waals surface area contributed by atoms with Crippen LogP contribution in [0.2, 0.25) is 0 Å². The third-order valence-corrected chi connectivity index (χ3v) is 5.38. The van der Waals surface area contributed by atoms with Crippen LogP contribution in [-0.4, -0.2) is 16.5 Å². The maximum atomic E-state index is 11.4. The van der Waals surface area contributed by atoms with Gasteiger partial charge in [-0.2, -0.15) is 0 Å². The van der Waals surface area contributed by atoms with Gasteiger partial charge in [0.05, 0.1) is 0 Å². The zero-order chi connectivity index (χ0) is 20.1. The van der Waals surface area contributed by atoms with E-state index in [9.17, 15) is 4.79 Å². The molecule has 1 unspecified atom stereocenters. The smallest absolute Gasteiger partial charge is 0.248 e. The van der Waals surface area contributed by atoms with Crippen LogP contribution in [0, 0.1) is 0 Å². The molecule has 1 atom stereocenters. The standard InChI is InChI=1S/C25H24N2O2/c1-2-3-9-19(18-10-5-4-6-11-18)16-24-26-27-25(29-24)23-15-14-20(17-28)21-12-7-8-13-22(21)23/h4-8,10-15,17,19H,2-3,9,16H2,1H3. The molecule has 0 fully saturated rings. The summed E-state index contributed by atoms with van der Waals surface area (Å²) in [5, 5.41) is 10.5. The average Bonchev–Trinajstić information content (AvgIpc) is 3.24. The summed E-state index contributed by atoms with van der Waals surface area (Å²) in [5.74, 6) is 1.50. The molecule has 4 aromatic rings. The number of nitrogens with zero attached hydrogens (tertiary/aromatic N) is 2. The first-order chi connectivity index (χ1) is 14.3. The van der Waals surface area contributed by atoms with Gasteiger partial charge in [0, 0.05) is 17.5 Å². The van der Waals surface area contributed by atoms with E-state index in [1.807, 2.05) is 42.5 Å². The number of aromatic nitrogens is 2. The molecule has 29 heavy (non-hydrogen) atoms. The number of hydrogen-bond donors (Lipinski definition) is 0. The highest BCUT2D eigenvalue weighted by Crippen LogP contribution is 2.31. The second kappa shape index (κ2) is 8.82. The molecule has 0 spiro atoms. The van der Waals surface area contributed by atoms with E-state index in [1.54, 1.807) is 0 Å². The molecule has 0 saturated heterocycles. The Labute approximate surface area is 170 Å². The lowest BCUT2D eigenvalue weighted by Crippen LogP contribution is -2.03. The average molecular weight is 384 g/mol. The molecule has 0 amide bonds. The van der Waals surface area contributed by atoms with Gasteiger partial charge in [0.25, 0.3) is 0 Å². The van der Waals surface area contributed by atoms with Crippen molar-refractivity contribution in [3.63, 3.8) is 0 Å². The van der Waals surface area contributed by atoms with E-state index < -0.39 is 0 Å². The Morgan fingerprint density at radius 3 is 2.45 bits per heavy atom. The molecule has 0 bridgehead atoms. The Hall–Kier alpha value is -3.27. The molecule has 4 heteroatoms. The number of hydrogen-bond acceptors (Lipinski definition) is 4. The first-order valence-corrected chi connectivity index (χ1v) is 10.1. The number of fused-ring (bicyclic) bond motifs is 1. The molecule has 0 aliphatic rings. The van der Waals surface area contributed by atoms with Crippen molar-refractivity contribution in [2.24, 2.45) is 0 Å². The monoisotopic (exact) mass is 384 g/mol. The van der Waals surface area contributed by atoms with Crippen molar-refractivity contribution >= 4 is 17.1 Å². The molecular weight excluding hydrogens is 360 g/mol. The van der Waals surface area contributed by atoms with Crippen LogP contribution in [0.25, 0.3) is 22.2 Å². The van der Waals surface area contributed by atoms with Crippen LogP contribution < -0.4 is 0 Å². The Bertz CT molecular complexity index is 1100. The fourth-order valence-corrected chi connectivity index (χ4v) is 3.83. The number of unbranched alkanes of at least 4 members (excludes halogenated alkanes) is 1. The molecule has 3 aromatic carbocycles. The van der Waals surface area contributed by atoms with Crippen LogP contribution in [0.15, 0.2) is 71.1 Å². The molecule has 1 heterocycles. The highest BCUT2D eigenvalue weighted by molar-refractivity contribution is 6.04. The molecule has 0 aliphatic heterocycles. The highest BCUT2D eigenvalue weighted by Gasteiger charge is 2.18. The molecule has 0 aliphatic carbocycles. The summed E-state index contributed by atoms with van der Waals surface area (Å²) >= 11 is 0. The summed E-state index contributed by atoms with van der Waals surface area (Å²) < 4.78 is 6.07. The fraction of sp³-hybridized carbons (Fsp3) is 0.240. The van der Waals surface area contributed by atoms with Crippen molar-refractivity contribution in [2.45, 2.75) is 38.5 Å². The second-order valence-electron chi connectivity index (χ2n) is 7.32. The van der Waals surface area contributed by atoms with Crippen molar-refractivity contribution in [2.75, 3.05) is 0 Å². The van der Waals surface area contributed by atoms with Gasteiger partial charge in [-0.05, 0) is 34.7 Å². The summed E-state index contributed by atoms with van der Waals surface area (Å²) in [4.78, 5) is 11.4. The summed E-state index contributed by atoms with van der Waals surface area (Å²) in [6.07, 6.45) is 5.02. The lowest BCUT2D eigenvalue weighted by molar-refractivity contribution is 0.112. The van der Waals surface area contributed by atoms with Crippen LogP contribution in [0.4, 0.5) is 0 Å². The summed E-state index contributed by atoms with van der Waals surface area (Å²) in [7, 11) is 0. The summed E-state index contributed by atoms with van der Waals surface area (Å²) in [5.41, 5.74) is 2.82. The molecule has 4 nitrogen and oxygen atoms in total. The zero-order valence-corrected chi connectivity index (χ0v) is 16.5. The largest absolute Gasteiger partial charge is 0.421 e. The topological polar surface area (TPSA) is 56.0 Å². The Morgan fingerprint density at radius 2 is 1.69 bits per heavy atom. The first-order valence-electron chi connectivity index (χ1n) is 10.1. The summed E-state index contributed by atoms with van der Waals surface area (Å²) in [6, 6.07) is 22.0. The molecule has 1 aromatic heterocycles. The van der Waals surface area contributed by atoms with Gasteiger partial charge >= 0.3 is 0 Å². The Kier molecular flexibility index (Phi) is 5.80. The summed E-state index contributed by atoms with van der Waals surface area (Å²) in [6.45, 7) is 2.21. The van der Waals surface area contributed by atoms with E-state index in [-0.39, 0.29) is 0 Å². The van der Waals surface area contributed by atoms with E-state index >= 15 is 0 Å². The highest BCUT2D eigenvalue weighted by atomic mass is 16.4. The van der Waals surface area contributed by atoms with Gasteiger partial charge < -0.3 is 4.42 Å². The maximum absolute atomic E-state index is 11.4. The lowest BCUT2D eigenvalue weighted by atomic mass is 9.91. The SMILES string of the molecule is CCCCC(Cc1nnc(-c2ccc(C=O)c3ccccc23)o1)c1ccccc1. The van der Waals surface area contributed by atoms with E-state index in [2.05, 4.69) is 41.4 Å². The first kappa shape index (κ1) is 19.1. The number of carbonyl (C=O) groups excluding carboxylic acids is 1. The third kappa shape index (κ3) is 4.11. The quantitative estimate of drug-likeness (QED) is 0.338. The maximum Gasteiger partial charge on any atom is 0.248 e. The van der Waals surface area contributed by atoms with Crippen LogP contribution in [-0.2, 0) is 6.42 Å². The lowest BCUT2D eigenvalue weighted by Gasteiger charge is -2.15. The van der Waals surface area contributed by atoms with Gasteiger partial charge in [-0.1, -0.05) is 80.4 Å². The molecule has 4 rings (SSSR count). The van der Waals surface area contributed by atoms with Crippen molar-refractivity contribution in [1.29, 1.82) is 0 Å². The Morgan fingerprint density at radius 1 is 0.931 bits per heavy atom. The predicted octanol–water partition coefficient (Wildman–Crippen LogP) is 6.22. The van der Waals surface area contributed by atoms with Gasteiger partial charge in [-0.25, -0.2) is 0 Å². The van der Waals surface area contributed by atoms with Gasteiger partial charge in [0.15, 0.2) is 6.29 Å². The van der Waals surface area contributed by atoms with Gasteiger partial charge in [-0.3, -0.25) is 4.79 Å². The number of carbonyl (C=O) groups is 1. The van der Waals surface area contributed by atoms with E-state index in [4.69, 9.17) is 4.42 Å². The van der Waals surface area contributed by atoms with Crippen LogP contribution >= 0.6 is 0 Å². The normalized spacial score (nSPS) is 12.2. The number of benzene rings is 3. The van der Waals surface area contributed by atoms with Gasteiger partial charge in [0.2, 0.25) is 11.8 Å². The van der Waals surface area contributed by atoms with Crippen LogP contribution in [0.3, 0.4) is 0 Å². The van der Waals surface area contributed by atoms with Crippen molar-refractivity contribution in [3.05, 3.63) is 83.7 Å². The minimum Gasteiger partial charge on any atom is -0.421 e. The molecule has 0 radical (unpaired) electrons. The third-order valence-electron chi connectivity index (χ3n) is 5.38. The van der Waals surface area contributed by atoms with Crippen molar-refractivity contribution in [3.8, 4) is 11.5 Å². The zero-order valence-electron chi connectivity index (χ0n) is 16.5. The van der Waals surface area contributed by atoms with Crippen molar-refractivity contribution < 1.29 is 9.21 Å². The van der Waals surface area contributed by atoms with Gasteiger partial charge in [0.1, 0.15) is 0 Å². The molecule has 0 saturated carbocycles. The van der Waals surface area contributed by atoms with E-state index in [0.717, 1.165) is 41.9 Å².